The number of nitrogens with two attached hydrogens (primary N) is 1. The second-order valence-electron chi connectivity index (χ2n) is 6.31. The summed E-state index contributed by atoms with van der Waals surface area (Å²) >= 11 is 0. The lowest BCUT2D eigenvalue weighted by Gasteiger charge is -2.25. The van der Waals surface area contributed by atoms with E-state index < -0.39 is 0 Å². The van der Waals surface area contributed by atoms with E-state index in [4.69, 9.17) is 15.2 Å². The molecule has 150 valence electrons. The largest absolute Gasteiger partial charge is 0.381 e. The Morgan fingerprint density at radius 1 is 1.12 bits per heavy atom. The third-order valence-electron chi connectivity index (χ3n) is 3.82. The lowest BCUT2D eigenvalue weighted by molar-refractivity contribution is -0.128. The highest BCUT2D eigenvalue weighted by atomic mass is 16.5. The lowest BCUT2D eigenvalue weighted by atomic mass is 9.79. The number of nitrogens with one attached hydrogen (secondary N) is 1. The van der Waals surface area contributed by atoms with Gasteiger partial charge in [-0.3, -0.25) is 14.4 Å². The summed E-state index contributed by atoms with van der Waals surface area (Å²) in [6.07, 6.45) is 4.13. The number of Topliss-reactive ketones (excluding diaryl/α,β-unsaturated/α-hetero) is 1. The number of ketones is 1. The summed E-state index contributed by atoms with van der Waals surface area (Å²) < 4.78 is 10.1. The van der Waals surface area contributed by atoms with E-state index in [9.17, 15) is 14.4 Å². The molecule has 1 rings (SSSR count). The Kier molecular flexibility index (Phi) is 14.0. The van der Waals surface area contributed by atoms with Gasteiger partial charge in [0.25, 0.3) is 0 Å². The molecular formula is C18H38N2O5. The fourth-order valence-corrected chi connectivity index (χ4v) is 2.10. The zero-order chi connectivity index (χ0) is 19.1. The molecule has 3 N–H and O–H groups in total. The molecule has 0 saturated heterocycles. The monoisotopic (exact) mass is 362 g/mol. The Balaban J connectivity index is -0.000000447. The van der Waals surface area contributed by atoms with Gasteiger partial charge < -0.3 is 20.5 Å². The van der Waals surface area contributed by atoms with Gasteiger partial charge in [-0.05, 0) is 19.8 Å². The minimum absolute atomic E-state index is 0. The number of hydrogen-bond donors (Lipinski definition) is 2. The molecule has 0 heterocycles. The summed E-state index contributed by atoms with van der Waals surface area (Å²) in [4.78, 5) is 32.6. The summed E-state index contributed by atoms with van der Waals surface area (Å²) in [5.41, 5.74) is 4.92. The second kappa shape index (κ2) is 14.8. The van der Waals surface area contributed by atoms with E-state index >= 15 is 0 Å². The van der Waals surface area contributed by atoms with Crippen LogP contribution < -0.4 is 11.1 Å². The highest BCUT2D eigenvalue weighted by Gasteiger charge is 2.26. The first-order chi connectivity index (χ1) is 11.9. The Hall–Kier alpha value is -1.47. The molecule has 25 heavy (non-hydrogen) atoms. The molecule has 0 aromatic carbocycles. The normalized spacial score (nSPS) is 13.6. The molecule has 0 aromatic rings. The molecule has 1 aliphatic carbocycles. The van der Waals surface area contributed by atoms with E-state index in [-0.39, 0.29) is 27.0 Å². The summed E-state index contributed by atoms with van der Waals surface area (Å²) in [6.45, 7) is 8.02. The van der Waals surface area contributed by atoms with Gasteiger partial charge in [-0.25, -0.2) is 0 Å². The molecule has 7 heteroatoms. The van der Waals surface area contributed by atoms with Crippen LogP contribution in [-0.2, 0) is 23.9 Å². The first-order valence-corrected chi connectivity index (χ1v) is 9.12. The van der Waals surface area contributed by atoms with E-state index in [0.717, 1.165) is 12.8 Å². The van der Waals surface area contributed by atoms with Crippen LogP contribution in [0.4, 0.5) is 0 Å². The molecule has 0 aromatic heterocycles. The van der Waals surface area contributed by atoms with Gasteiger partial charge in [-0.15, -0.1) is 0 Å². The molecule has 2 amide bonds. The Morgan fingerprint density at radius 3 is 2.20 bits per heavy atom. The van der Waals surface area contributed by atoms with Gasteiger partial charge in [0, 0.05) is 40.7 Å². The van der Waals surface area contributed by atoms with Crippen LogP contribution in [0.2, 0.25) is 0 Å². The maximum Gasteiger partial charge on any atom is 0.222 e. The van der Waals surface area contributed by atoms with Crippen LogP contribution in [0, 0.1) is 11.8 Å². The van der Waals surface area contributed by atoms with Gasteiger partial charge >= 0.3 is 0 Å². The van der Waals surface area contributed by atoms with Gasteiger partial charge in [0.2, 0.25) is 11.8 Å². The zero-order valence-corrected chi connectivity index (χ0v) is 15.8. The predicted molar refractivity (Wildman–Crippen MR) is 100 cm³/mol. The van der Waals surface area contributed by atoms with Gasteiger partial charge in [-0.2, -0.15) is 0 Å². The molecule has 1 fully saturated rings. The van der Waals surface area contributed by atoms with Crippen molar-refractivity contribution in [2.75, 3.05) is 33.0 Å². The first kappa shape index (κ1) is 23.5. The summed E-state index contributed by atoms with van der Waals surface area (Å²) in [5.74, 6) is 0.717. The van der Waals surface area contributed by atoms with Gasteiger partial charge in [0.1, 0.15) is 5.78 Å². The molecule has 0 unspecified atom stereocenters. The topological polar surface area (TPSA) is 108 Å². The molecule has 0 spiro atoms. The Bertz CT molecular complexity index is 405. The van der Waals surface area contributed by atoms with Crippen LogP contribution in [0.1, 0.15) is 55.7 Å². The van der Waals surface area contributed by atoms with E-state index in [1.54, 1.807) is 0 Å². The van der Waals surface area contributed by atoms with Crippen LogP contribution in [0.15, 0.2) is 0 Å². The van der Waals surface area contributed by atoms with E-state index in [1.165, 1.54) is 6.42 Å². The van der Waals surface area contributed by atoms with Gasteiger partial charge in [0.05, 0.1) is 19.8 Å². The molecule has 1 aliphatic rings. The minimum Gasteiger partial charge on any atom is -0.381 e. The second-order valence-corrected chi connectivity index (χ2v) is 6.31. The quantitative estimate of drug-likeness (QED) is 0.516. The number of amides is 2. The number of ether oxygens (including phenoxy) is 2. The van der Waals surface area contributed by atoms with Crippen molar-refractivity contribution in [1.82, 2.24) is 5.32 Å². The minimum atomic E-state index is -0.388. The number of rotatable bonds is 12. The molecule has 0 bridgehead atoms. The van der Waals surface area contributed by atoms with Crippen LogP contribution >= 0.6 is 0 Å². The van der Waals surface area contributed by atoms with Crippen LogP contribution in [0.5, 0.6) is 0 Å². The fourth-order valence-electron chi connectivity index (χ4n) is 2.10. The zero-order valence-electron chi connectivity index (χ0n) is 15.8. The summed E-state index contributed by atoms with van der Waals surface area (Å²) in [6, 6.07) is 0. The molecule has 0 atom stereocenters. The van der Waals surface area contributed by atoms with Crippen LogP contribution in [-0.4, -0.2) is 50.6 Å². The fraction of sp³-hybridized carbons (Fsp3) is 0.833. The van der Waals surface area contributed by atoms with Crippen molar-refractivity contribution in [2.45, 2.75) is 52.9 Å². The average Bonchev–Trinajstić information content (AvgIpc) is 2.49. The van der Waals surface area contributed by atoms with Crippen LogP contribution in [0.3, 0.4) is 0 Å². The van der Waals surface area contributed by atoms with Crippen molar-refractivity contribution in [3.05, 3.63) is 0 Å². The lowest BCUT2D eigenvalue weighted by Crippen LogP contribution is -2.28. The van der Waals surface area contributed by atoms with Crippen molar-refractivity contribution in [2.24, 2.45) is 17.6 Å². The maximum atomic E-state index is 11.1. The number of primary amides is 1. The third-order valence-corrected chi connectivity index (χ3v) is 3.82. The van der Waals surface area contributed by atoms with E-state index in [0.29, 0.717) is 51.1 Å². The number of carbonyl (C=O) groups is 3. The molecular weight excluding hydrogens is 324 g/mol. The van der Waals surface area contributed by atoms with Crippen molar-refractivity contribution in [3.8, 4) is 0 Å². The van der Waals surface area contributed by atoms with E-state index in [2.05, 4.69) is 5.32 Å². The Labute approximate surface area is 154 Å². The number of carbonyl (C=O) groups excluding carboxylic acids is 3. The van der Waals surface area contributed by atoms with Gasteiger partial charge in [0.15, 0.2) is 0 Å². The molecule has 0 aliphatic heterocycles. The average molecular weight is 363 g/mol. The number of hydrogen-bond acceptors (Lipinski definition) is 5. The predicted octanol–water partition coefficient (Wildman–Crippen LogP) is 1.92. The molecule has 0 radical (unpaired) electrons. The highest BCUT2D eigenvalue weighted by Crippen LogP contribution is 2.29. The molecule has 1 saturated carbocycles. The first-order valence-electron chi connectivity index (χ1n) is 9.12. The molecule has 7 nitrogen and oxygen atoms in total. The highest BCUT2D eigenvalue weighted by molar-refractivity contribution is 5.83. The standard InChI is InChI=1S/C10H20N2O4.C8H14O.2H2/c1-2-15-7-4-10(14)12-5-8-16-6-3-9(11)13;1-6(2)8(9)7-4-3-5-7;;/h2-8H2,1H3,(H2,11,13)(H,12,14);6-7H,3-5H2,1-2H3;2*1H. The van der Waals surface area contributed by atoms with E-state index in [1.807, 2.05) is 20.8 Å². The van der Waals surface area contributed by atoms with Crippen molar-refractivity contribution >= 4 is 17.6 Å². The van der Waals surface area contributed by atoms with Crippen molar-refractivity contribution in [1.29, 1.82) is 0 Å². The van der Waals surface area contributed by atoms with Crippen molar-refractivity contribution in [3.63, 3.8) is 0 Å². The van der Waals surface area contributed by atoms with Crippen LogP contribution in [0.25, 0.3) is 0 Å². The van der Waals surface area contributed by atoms with Crippen molar-refractivity contribution < 1.29 is 26.7 Å². The Morgan fingerprint density at radius 2 is 1.76 bits per heavy atom. The SMILES string of the molecule is CC(C)C(=O)C1CCC1.CCOCCC(=O)NCCOCCC(N)=O.[HH].[HH]. The smallest absolute Gasteiger partial charge is 0.222 e. The third kappa shape index (κ3) is 13.5. The maximum absolute atomic E-state index is 11.1. The summed E-state index contributed by atoms with van der Waals surface area (Å²) in [5, 5.41) is 2.67. The summed E-state index contributed by atoms with van der Waals surface area (Å²) in [7, 11) is 0. The van der Waals surface area contributed by atoms with Gasteiger partial charge in [-0.1, -0.05) is 20.3 Å².